The maximum Gasteiger partial charge on any atom is 0.336 e. The van der Waals surface area contributed by atoms with E-state index >= 15 is 0 Å². The molecule has 1 heterocycles. The van der Waals surface area contributed by atoms with Crippen molar-refractivity contribution in [3.63, 3.8) is 0 Å². The summed E-state index contributed by atoms with van der Waals surface area (Å²) in [5, 5.41) is 13.8. The van der Waals surface area contributed by atoms with Gasteiger partial charge in [-0.3, -0.25) is 0 Å². The predicted octanol–water partition coefficient (Wildman–Crippen LogP) is 3.09. The van der Waals surface area contributed by atoms with E-state index in [0.717, 1.165) is 11.1 Å². The molecular weight excluding hydrogens is 306 g/mol. The van der Waals surface area contributed by atoms with Crippen LogP contribution in [0.25, 0.3) is 16.8 Å². The number of aromatic nitrogens is 3. The number of carboxylic acids is 1. The van der Waals surface area contributed by atoms with Gasteiger partial charge >= 0.3 is 5.97 Å². The van der Waals surface area contributed by atoms with E-state index in [1.54, 1.807) is 24.8 Å². The fourth-order valence-electron chi connectivity index (χ4n) is 2.63. The molecular formula is C18H17N3O3. The average Bonchev–Trinajstić information content (AvgIpc) is 3.04. The van der Waals surface area contributed by atoms with Crippen molar-refractivity contribution in [3.8, 4) is 16.8 Å². The molecule has 0 fully saturated rings. The molecule has 3 aromatic rings. The third kappa shape index (κ3) is 2.91. The summed E-state index contributed by atoms with van der Waals surface area (Å²) < 4.78 is 6.76. The third-order valence-corrected chi connectivity index (χ3v) is 3.84. The Bertz CT molecular complexity index is 872. The summed E-state index contributed by atoms with van der Waals surface area (Å²) in [5.74, 6) is -0.359. The highest BCUT2D eigenvalue weighted by molar-refractivity contribution is 5.92. The SMILES string of the molecule is COCc1ncnn1-c1cc(-c2ccccc2)cc(C(=O)O)c1C. The molecule has 0 bridgehead atoms. The first-order valence-electron chi connectivity index (χ1n) is 7.43. The van der Waals surface area contributed by atoms with Crippen LogP contribution in [0.15, 0.2) is 48.8 Å². The second-order valence-electron chi connectivity index (χ2n) is 5.36. The molecule has 0 aliphatic carbocycles. The number of carboxylic acid groups (broad SMARTS) is 1. The number of benzene rings is 2. The van der Waals surface area contributed by atoms with Crippen molar-refractivity contribution in [2.45, 2.75) is 13.5 Å². The van der Waals surface area contributed by atoms with Crippen LogP contribution in [0.2, 0.25) is 0 Å². The van der Waals surface area contributed by atoms with Gasteiger partial charge in [0, 0.05) is 7.11 Å². The van der Waals surface area contributed by atoms with Crippen LogP contribution in [0.1, 0.15) is 21.7 Å². The molecule has 0 saturated carbocycles. The molecule has 0 amide bonds. The van der Waals surface area contributed by atoms with Crippen molar-refractivity contribution < 1.29 is 14.6 Å². The molecule has 24 heavy (non-hydrogen) atoms. The summed E-state index contributed by atoms with van der Waals surface area (Å²) in [5.41, 5.74) is 3.30. The van der Waals surface area contributed by atoms with Gasteiger partial charge in [-0.2, -0.15) is 5.10 Å². The van der Waals surface area contributed by atoms with Crippen LogP contribution in [-0.4, -0.2) is 33.0 Å². The molecule has 0 aliphatic heterocycles. The van der Waals surface area contributed by atoms with Gasteiger partial charge in [0.1, 0.15) is 12.9 Å². The first-order chi connectivity index (χ1) is 11.6. The predicted molar refractivity (Wildman–Crippen MR) is 89.2 cm³/mol. The third-order valence-electron chi connectivity index (χ3n) is 3.84. The van der Waals surface area contributed by atoms with E-state index < -0.39 is 5.97 Å². The molecule has 122 valence electrons. The zero-order valence-corrected chi connectivity index (χ0v) is 13.4. The lowest BCUT2D eigenvalue weighted by Gasteiger charge is -2.14. The Morgan fingerprint density at radius 2 is 1.96 bits per heavy atom. The van der Waals surface area contributed by atoms with Gasteiger partial charge in [-0.1, -0.05) is 30.3 Å². The van der Waals surface area contributed by atoms with Gasteiger partial charge in [0.25, 0.3) is 0 Å². The average molecular weight is 323 g/mol. The topological polar surface area (TPSA) is 77.2 Å². The van der Waals surface area contributed by atoms with Crippen LogP contribution in [-0.2, 0) is 11.3 Å². The van der Waals surface area contributed by atoms with Crippen LogP contribution >= 0.6 is 0 Å². The van der Waals surface area contributed by atoms with E-state index in [9.17, 15) is 9.90 Å². The van der Waals surface area contributed by atoms with Crippen LogP contribution in [0, 0.1) is 6.92 Å². The van der Waals surface area contributed by atoms with Gasteiger partial charge in [-0.05, 0) is 35.7 Å². The number of ether oxygens (including phenoxy) is 1. The van der Waals surface area contributed by atoms with Gasteiger partial charge < -0.3 is 9.84 Å². The minimum absolute atomic E-state index is 0.241. The maximum absolute atomic E-state index is 11.7. The van der Waals surface area contributed by atoms with Crippen molar-refractivity contribution in [2.75, 3.05) is 7.11 Å². The number of hydrogen-bond acceptors (Lipinski definition) is 4. The van der Waals surface area contributed by atoms with Gasteiger partial charge in [-0.15, -0.1) is 0 Å². The van der Waals surface area contributed by atoms with Crippen molar-refractivity contribution >= 4 is 5.97 Å². The van der Waals surface area contributed by atoms with Gasteiger partial charge in [0.15, 0.2) is 5.82 Å². The normalized spacial score (nSPS) is 10.8. The first kappa shape index (κ1) is 15.9. The number of methoxy groups -OCH3 is 1. The second-order valence-corrected chi connectivity index (χ2v) is 5.36. The minimum atomic E-state index is -0.972. The summed E-state index contributed by atoms with van der Waals surface area (Å²) in [7, 11) is 1.58. The lowest BCUT2D eigenvalue weighted by molar-refractivity contribution is 0.0696. The van der Waals surface area contributed by atoms with E-state index in [-0.39, 0.29) is 12.2 Å². The monoisotopic (exact) mass is 323 g/mol. The van der Waals surface area contributed by atoms with E-state index in [2.05, 4.69) is 10.1 Å². The fourth-order valence-corrected chi connectivity index (χ4v) is 2.63. The molecule has 2 aromatic carbocycles. The second kappa shape index (κ2) is 6.64. The molecule has 0 spiro atoms. The quantitative estimate of drug-likeness (QED) is 0.781. The highest BCUT2D eigenvalue weighted by Gasteiger charge is 2.17. The molecule has 0 unspecified atom stereocenters. The molecule has 3 rings (SSSR count). The molecule has 0 saturated heterocycles. The highest BCUT2D eigenvalue weighted by atomic mass is 16.5. The smallest absolute Gasteiger partial charge is 0.336 e. The van der Waals surface area contributed by atoms with Crippen LogP contribution in [0.3, 0.4) is 0 Å². The Balaban J connectivity index is 2.23. The molecule has 1 N–H and O–H groups in total. The van der Waals surface area contributed by atoms with Gasteiger partial charge in [0.05, 0.1) is 11.3 Å². The lowest BCUT2D eigenvalue weighted by atomic mass is 9.98. The minimum Gasteiger partial charge on any atom is -0.478 e. The summed E-state index contributed by atoms with van der Waals surface area (Å²) >= 11 is 0. The van der Waals surface area contributed by atoms with Crippen molar-refractivity contribution in [1.29, 1.82) is 0 Å². The lowest BCUT2D eigenvalue weighted by Crippen LogP contribution is -2.10. The summed E-state index contributed by atoms with van der Waals surface area (Å²) in [6, 6.07) is 13.2. The summed E-state index contributed by atoms with van der Waals surface area (Å²) in [4.78, 5) is 15.8. The number of nitrogens with zero attached hydrogens (tertiary/aromatic N) is 3. The standard InChI is InChI=1S/C18H17N3O3/c1-12-15(18(22)23)8-14(13-6-4-3-5-7-13)9-16(12)21-17(10-24-2)19-11-20-21/h3-9,11H,10H2,1-2H3,(H,22,23). The molecule has 0 aliphatic rings. The molecule has 0 atom stereocenters. The van der Waals surface area contributed by atoms with Gasteiger partial charge in [-0.25, -0.2) is 14.5 Å². The first-order valence-corrected chi connectivity index (χ1v) is 7.43. The van der Waals surface area contributed by atoms with E-state index in [1.165, 1.54) is 6.33 Å². The van der Waals surface area contributed by atoms with Crippen LogP contribution < -0.4 is 0 Å². The molecule has 6 heteroatoms. The fraction of sp³-hybridized carbons (Fsp3) is 0.167. The maximum atomic E-state index is 11.7. The summed E-state index contributed by atoms with van der Waals surface area (Å²) in [6.07, 6.45) is 1.43. The number of rotatable bonds is 5. The van der Waals surface area contributed by atoms with Crippen molar-refractivity contribution in [3.05, 3.63) is 65.7 Å². The number of hydrogen-bond donors (Lipinski definition) is 1. The Morgan fingerprint density at radius 3 is 2.62 bits per heavy atom. The number of carbonyl (C=O) groups is 1. The van der Waals surface area contributed by atoms with E-state index in [0.29, 0.717) is 17.1 Å². The number of aromatic carboxylic acids is 1. The molecule has 1 aromatic heterocycles. The van der Waals surface area contributed by atoms with Crippen molar-refractivity contribution in [1.82, 2.24) is 14.8 Å². The molecule has 6 nitrogen and oxygen atoms in total. The zero-order valence-electron chi connectivity index (χ0n) is 13.4. The Labute approximate surface area is 139 Å². The van der Waals surface area contributed by atoms with Crippen molar-refractivity contribution in [2.24, 2.45) is 0 Å². The largest absolute Gasteiger partial charge is 0.478 e. The van der Waals surface area contributed by atoms with E-state index in [1.807, 2.05) is 36.4 Å². The van der Waals surface area contributed by atoms with E-state index in [4.69, 9.17) is 4.74 Å². The van der Waals surface area contributed by atoms with Gasteiger partial charge in [0.2, 0.25) is 0 Å². The van der Waals surface area contributed by atoms with Crippen LogP contribution in [0.4, 0.5) is 0 Å². The Morgan fingerprint density at radius 1 is 1.21 bits per heavy atom. The zero-order chi connectivity index (χ0) is 17.1. The van der Waals surface area contributed by atoms with Crippen LogP contribution in [0.5, 0.6) is 0 Å². The summed E-state index contributed by atoms with van der Waals surface area (Å²) in [6.45, 7) is 2.06. The Hall–Kier alpha value is -2.99. The Kier molecular flexibility index (Phi) is 4.39. The highest BCUT2D eigenvalue weighted by Crippen LogP contribution is 2.28. The molecule has 0 radical (unpaired) electrons.